The van der Waals surface area contributed by atoms with E-state index in [0.29, 0.717) is 5.56 Å². The van der Waals surface area contributed by atoms with Gasteiger partial charge in [-0.1, -0.05) is 12.6 Å². The first-order valence-electron chi connectivity index (χ1n) is 3.32. The Hall–Kier alpha value is -1.16. The van der Waals surface area contributed by atoms with Gasteiger partial charge >= 0.3 is 0 Å². The highest BCUT2D eigenvalue weighted by molar-refractivity contribution is 7.97. The van der Waals surface area contributed by atoms with Crippen LogP contribution in [0.25, 0.3) is 0 Å². The third-order valence-corrected chi connectivity index (χ3v) is 1.60. The Balaban J connectivity index is 3.27. The van der Waals surface area contributed by atoms with Crippen molar-refractivity contribution < 1.29 is 9.59 Å². The minimum Gasteiger partial charge on any atom is -0.294 e. The van der Waals surface area contributed by atoms with Crippen LogP contribution in [0, 0.1) is 0 Å². The number of Topliss-reactive ketones (excluding diaryl/α,β-unsaturated/α-hetero) is 1. The van der Waals surface area contributed by atoms with Crippen LogP contribution in [-0.2, 0) is 0 Å². The Morgan fingerprint density at radius 2 is 2.17 bits per heavy atom. The molecule has 0 saturated carbocycles. The van der Waals surface area contributed by atoms with E-state index in [1.165, 1.54) is 13.1 Å². The molecule has 0 aliphatic heterocycles. The van der Waals surface area contributed by atoms with Crippen LogP contribution >= 0.6 is 12.6 Å². The largest absolute Gasteiger partial charge is 0.294 e. The Morgan fingerprint density at radius 1 is 1.50 bits per heavy atom. The molecule has 0 aliphatic carbocycles. The number of nitrogens with zero attached hydrogens (tertiary/aromatic N) is 1. The van der Waals surface area contributed by atoms with E-state index >= 15 is 0 Å². The average Bonchev–Trinajstić information content (AvgIpc) is 2.04. The number of ketones is 1. The minimum absolute atomic E-state index is 0.119. The van der Waals surface area contributed by atoms with Crippen molar-refractivity contribution in [2.45, 2.75) is 6.92 Å². The number of carbonyl (C=O) groups is 2. The maximum atomic E-state index is 10.9. The van der Waals surface area contributed by atoms with E-state index in [4.69, 9.17) is 0 Å². The fourth-order valence-electron chi connectivity index (χ4n) is 0.860. The Morgan fingerprint density at radius 3 is 2.58 bits per heavy atom. The highest BCUT2D eigenvalue weighted by Crippen LogP contribution is 2.08. The highest BCUT2D eigenvalue weighted by atomic mass is 32.1. The van der Waals surface area contributed by atoms with Crippen LogP contribution in [-0.4, -0.2) is 15.9 Å². The van der Waals surface area contributed by atoms with Crippen molar-refractivity contribution in [1.82, 2.24) is 4.98 Å². The maximum Gasteiger partial charge on any atom is 0.235 e. The van der Waals surface area contributed by atoms with Gasteiger partial charge in [0.25, 0.3) is 0 Å². The van der Waals surface area contributed by atoms with Crippen LogP contribution in [0.4, 0.5) is 0 Å². The fraction of sp³-hybridized carbons (Fsp3) is 0.125. The zero-order valence-electron chi connectivity index (χ0n) is 6.44. The van der Waals surface area contributed by atoms with Gasteiger partial charge in [0, 0.05) is 11.8 Å². The molecule has 0 unspecified atom stereocenters. The first-order valence-corrected chi connectivity index (χ1v) is 3.77. The van der Waals surface area contributed by atoms with E-state index in [0.717, 1.165) is 0 Å². The number of hydrogen-bond donors (Lipinski definition) is 1. The van der Waals surface area contributed by atoms with Crippen molar-refractivity contribution in [1.29, 1.82) is 0 Å². The van der Waals surface area contributed by atoms with Crippen molar-refractivity contribution in [3.63, 3.8) is 0 Å². The molecule has 4 heteroatoms. The first kappa shape index (κ1) is 8.93. The SMILES string of the molecule is CC(=O)c1cccnc1C(=O)S. The van der Waals surface area contributed by atoms with Crippen molar-refractivity contribution in [2.24, 2.45) is 0 Å². The molecule has 0 N–H and O–H groups in total. The van der Waals surface area contributed by atoms with Crippen LogP contribution < -0.4 is 0 Å². The number of hydrogen-bond acceptors (Lipinski definition) is 3. The van der Waals surface area contributed by atoms with Gasteiger partial charge in [0.15, 0.2) is 5.78 Å². The van der Waals surface area contributed by atoms with E-state index in [-0.39, 0.29) is 11.5 Å². The van der Waals surface area contributed by atoms with Crippen molar-refractivity contribution in [3.8, 4) is 0 Å². The Labute approximate surface area is 75.2 Å². The molecule has 0 atom stereocenters. The lowest BCUT2D eigenvalue weighted by Crippen LogP contribution is -2.04. The molecule has 62 valence electrons. The van der Waals surface area contributed by atoms with E-state index in [1.54, 1.807) is 12.1 Å². The second-order valence-corrected chi connectivity index (χ2v) is 2.67. The number of carbonyl (C=O) groups excluding carboxylic acids is 2. The second kappa shape index (κ2) is 3.49. The molecule has 0 radical (unpaired) electrons. The quantitative estimate of drug-likeness (QED) is 0.553. The topological polar surface area (TPSA) is 47.0 Å². The summed E-state index contributed by atoms with van der Waals surface area (Å²) >= 11 is 3.60. The highest BCUT2D eigenvalue weighted by Gasteiger charge is 2.11. The van der Waals surface area contributed by atoms with Crippen LogP contribution in [0.2, 0.25) is 0 Å². The Kier molecular flexibility index (Phi) is 2.60. The molecule has 0 aromatic carbocycles. The molecular weight excluding hydrogens is 174 g/mol. The summed E-state index contributed by atoms with van der Waals surface area (Å²) in [5.41, 5.74) is 0.436. The predicted octanol–water partition coefficient (Wildman–Crippen LogP) is 1.35. The van der Waals surface area contributed by atoms with Gasteiger partial charge in [0.05, 0.1) is 0 Å². The number of aromatic nitrogens is 1. The molecule has 0 spiro atoms. The lowest BCUT2D eigenvalue weighted by atomic mass is 10.1. The van der Waals surface area contributed by atoms with Gasteiger partial charge in [-0.3, -0.25) is 14.6 Å². The van der Waals surface area contributed by atoms with E-state index < -0.39 is 5.12 Å². The van der Waals surface area contributed by atoms with Gasteiger partial charge in [0.1, 0.15) is 5.69 Å². The van der Waals surface area contributed by atoms with Crippen LogP contribution in [0.5, 0.6) is 0 Å². The molecule has 3 nitrogen and oxygen atoms in total. The van der Waals surface area contributed by atoms with Gasteiger partial charge in [-0.2, -0.15) is 0 Å². The number of thiol groups is 1. The summed E-state index contributed by atoms with van der Waals surface area (Å²) < 4.78 is 0. The second-order valence-electron chi connectivity index (χ2n) is 2.26. The number of pyridine rings is 1. The van der Waals surface area contributed by atoms with Gasteiger partial charge < -0.3 is 0 Å². The maximum absolute atomic E-state index is 10.9. The van der Waals surface area contributed by atoms with Crippen molar-refractivity contribution >= 4 is 23.5 Å². The molecule has 0 amide bonds. The molecule has 1 heterocycles. The zero-order chi connectivity index (χ0) is 9.14. The van der Waals surface area contributed by atoms with Crippen molar-refractivity contribution in [3.05, 3.63) is 29.6 Å². The summed E-state index contributed by atoms with van der Waals surface area (Å²) in [6, 6.07) is 3.16. The third-order valence-electron chi connectivity index (χ3n) is 1.39. The zero-order valence-corrected chi connectivity index (χ0v) is 7.34. The standard InChI is InChI=1S/C8H7NO2S/c1-5(10)6-3-2-4-9-7(6)8(11)12/h2-4H,1H3,(H,11,12). The van der Waals surface area contributed by atoms with Crippen LogP contribution in [0.1, 0.15) is 27.8 Å². The van der Waals surface area contributed by atoms with Gasteiger partial charge in [0.2, 0.25) is 5.12 Å². The normalized spacial score (nSPS) is 9.50. The summed E-state index contributed by atoms with van der Waals surface area (Å²) in [6.07, 6.45) is 1.45. The molecule has 0 aliphatic rings. The van der Waals surface area contributed by atoms with Crippen LogP contribution in [0.15, 0.2) is 18.3 Å². The smallest absolute Gasteiger partial charge is 0.235 e. The van der Waals surface area contributed by atoms with E-state index in [1.807, 2.05) is 0 Å². The van der Waals surface area contributed by atoms with Gasteiger partial charge in [-0.05, 0) is 19.1 Å². The third kappa shape index (κ3) is 1.71. The van der Waals surface area contributed by atoms with E-state index in [2.05, 4.69) is 17.6 Å². The molecular formula is C8H7NO2S. The fourth-order valence-corrected chi connectivity index (χ4v) is 1.04. The molecule has 0 fully saturated rings. The molecule has 1 aromatic rings. The Bertz CT molecular complexity index is 303. The molecule has 1 rings (SSSR count). The average molecular weight is 181 g/mol. The molecule has 0 bridgehead atoms. The van der Waals surface area contributed by atoms with Crippen LogP contribution in [0.3, 0.4) is 0 Å². The summed E-state index contributed by atoms with van der Waals surface area (Å²) in [7, 11) is 0. The summed E-state index contributed by atoms with van der Waals surface area (Å²) in [5.74, 6) is -0.180. The summed E-state index contributed by atoms with van der Waals surface area (Å²) in [5, 5.41) is -0.485. The van der Waals surface area contributed by atoms with E-state index in [9.17, 15) is 9.59 Å². The predicted molar refractivity (Wildman–Crippen MR) is 47.6 cm³/mol. The lowest BCUT2D eigenvalue weighted by Gasteiger charge is -1.99. The number of rotatable bonds is 2. The molecule has 12 heavy (non-hydrogen) atoms. The molecule has 0 saturated heterocycles. The van der Waals surface area contributed by atoms with Crippen molar-refractivity contribution in [2.75, 3.05) is 0 Å². The lowest BCUT2D eigenvalue weighted by molar-refractivity contribution is 0.100. The summed E-state index contributed by atoms with van der Waals surface area (Å²) in [6.45, 7) is 1.39. The van der Waals surface area contributed by atoms with Gasteiger partial charge in [-0.15, -0.1) is 0 Å². The van der Waals surface area contributed by atoms with Gasteiger partial charge in [-0.25, -0.2) is 0 Å². The summed E-state index contributed by atoms with van der Waals surface area (Å²) in [4.78, 5) is 25.5. The first-order chi connectivity index (χ1) is 5.63. The monoisotopic (exact) mass is 181 g/mol. The minimum atomic E-state index is -0.485. The molecule has 1 aromatic heterocycles.